The monoisotopic (exact) mass is 364 g/mol. The van der Waals surface area contributed by atoms with E-state index in [0.29, 0.717) is 19.7 Å². The highest BCUT2D eigenvalue weighted by atomic mass is 16.5. The number of rotatable bonds is 4. The number of ether oxygens (including phenoxy) is 1. The maximum absolute atomic E-state index is 12.7. The third-order valence-electron chi connectivity index (χ3n) is 5.15. The normalized spacial score (nSPS) is 24.7. The molecule has 0 saturated carbocycles. The molecule has 144 valence electrons. The van der Waals surface area contributed by atoms with Gasteiger partial charge in [0.2, 0.25) is 5.91 Å². The van der Waals surface area contributed by atoms with Gasteiger partial charge in [-0.3, -0.25) is 9.59 Å². The summed E-state index contributed by atoms with van der Waals surface area (Å²) >= 11 is 0. The minimum Gasteiger partial charge on any atom is -0.384 e. The summed E-state index contributed by atoms with van der Waals surface area (Å²) in [6.45, 7) is 7.15. The van der Waals surface area contributed by atoms with E-state index in [1.165, 1.54) is 10.7 Å². The average molecular weight is 364 g/mol. The fraction of sp³-hybridized carbons (Fsp3) is 0.722. The lowest BCUT2D eigenvalue weighted by Crippen LogP contribution is -2.53. The molecular weight excluding hydrogens is 336 g/mol. The van der Waals surface area contributed by atoms with Crippen LogP contribution in [0.3, 0.4) is 0 Å². The summed E-state index contributed by atoms with van der Waals surface area (Å²) in [5.74, 6) is -0.229. The SMILES string of the molecule is Cc1cc(=O)n(CC(=O)N2CCOC[C@@](O)(CN3CCCC3)C2)nc1C. The van der Waals surface area contributed by atoms with Crippen molar-refractivity contribution in [3.8, 4) is 0 Å². The number of hydrogen-bond acceptors (Lipinski definition) is 6. The van der Waals surface area contributed by atoms with Gasteiger partial charge < -0.3 is 19.6 Å². The smallest absolute Gasteiger partial charge is 0.267 e. The molecule has 2 aliphatic rings. The Kier molecular flexibility index (Phi) is 5.74. The molecular formula is C18H28N4O4. The van der Waals surface area contributed by atoms with Crippen LogP contribution < -0.4 is 5.56 Å². The number of β-amino-alcohol motifs (C(OH)–C–C–N with tert-alkyl or cyclic N) is 1. The van der Waals surface area contributed by atoms with Crippen molar-refractivity contribution < 1.29 is 14.6 Å². The van der Waals surface area contributed by atoms with Crippen molar-refractivity contribution in [2.45, 2.75) is 38.8 Å². The minimum absolute atomic E-state index is 0.125. The van der Waals surface area contributed by atoms with Crippen LogP contribution in [-0.4, -0.2) is 82.1 Å². The molecule has 1 amide bonds. The standard InChI is InChI=1S/C18H28N4O4/c1-14-9-16(23)22(19-15(14)2)10-17(24)21-7-8-26-13-18(25,12-21)11-20-5-3-4-6-20/h9,25H,3-8,10-13H2,1-2H3/t18-/m1/s1. The van der Waals surface area contributed by atoms with Crippen LogP contribution in [0.2, 0.25) is 0 Å². The summed E-state index contributed by atoms with van der Waals surface area (Å²) in [5, 5.41) is 15.2. The zero-order chi connectivity index (χ0) is 18.7. The first-order valence-electron chi connectivity index (χ1n) is 9.22. The molecule has 8 nitrogen and oxygen atoms in total. The van der Waals surface area contributed by atoms with Crippen molar-refractivity contribution in [2.75, 3.05) is 45.9 Å². The Hall–Kier alpha value is -1.77. The van der Waals surface area contributed by atoms with Gasteiger partial charge in [0, 0.05) is 19.2 Å². The number of aliphatic hydroxyl groups is 1. The van der Waals surface area contributed by atoms with E-state index in [2.05, 4.69) is 10.00 Å². The zero-order valence-corrected chi connectivity index (χ0v) is 15.6. The molecule has 1 N–H and O–H groups in total. The van der Waals surface area contributed by atoms with Crippen LogP contribution in [0.25, 0.3) is 0 Å². The molecule has 3 heterocycles. The molecule has 0 radical (unpaired) electrons. The van der Waals surface area contributed by atoms with Crippen LogP contribution in [0.4, 0.5) is 0 Å². The van der Waals surface area contributed by atoms with Gasteiger partial charge >= 0.3 is 0 Å². The van der Waals surface area contributed by atoms with Gasteiger partial charge in [-0.25, -0.2) is 4.68 Å². The molecule has 26 heavy (non-hydrogen) atoms. The van der Waals surface area contributed by atoms with Gasteiger partial charge in [-0.05, 0) is 45.3 Å². The van der Waals surface area contributed by atoms with Crippen molar-refractivity contribution in [3.63, 3.8) is 0 Å². The van der Waals surface area contributed by atoms with Crippen LogP contribution in [0.5, 0.6) is 0 Å². The topological polar surface area (TPSA) is 87.9 Å². The van der Waals surface area contributed by atoms with E-state index in [-0.39, 0.29) is 31.2 Å². The molecule has 0 spiro atoms. The number of aryl methyl sites for hydroxylation is 2. The first-order chi connectivity index (χ1) is 12.4. The van der Waals surface area contributed by atoms with Crippen molar-refractivity contribution >= 4 is 5.91 Å². The molecule has 2 aliphatic heterocycles. The van der Waals surface area contributed by atoms with Gasteiger partial charge in [-0.1, -0.05) is 0 Å². The predicted octanol–water partition coefficient (Wildman–Crippen LogP) is -0.454. The van der Waals surface area contributed by atoms with Gasteiger partial charge in [0.05, 0.1) is 25.5 Å². The number of carbonyl (C=O) groups is 1. The molecule has 1 atom stereocenters. The molecule has 8 heteroatoms. The van der Waals surface area contributed by atoms with E-state index < -0.39 is 5.60 Å². The largest absolute Gasteiger partial charge is 0.384 e. The number of carbonyl (C=O) groups excluding carboxylic acids is 1. The Balaban J connectivity index is 1.69. The van der Waals surface area contributed by atoms with Crippen molar-refractivity contribution in [2.24, 2.45) is 0 Å². The number of hydrogen-bond donors (Lipinski definition) is 1. The van der Waals surface area contributed by atoms with Gasteiger partial charge in [0.15, 0.2) is 0 Å². The lowest BCUT2D eigenvalue weighted by molar-refractivity contribution is -0.135. The highest BCUT2D eigenvalue weighted by Crippen LogP contribution is 2.18. The van der Waals surface area contributed by atoms with Gasteiger partial charge in [-0.2, -0.15) is 5.10 Å². The van der Waals surface area contributed by atoms with E-state index in [4.69, 9.17) is 4.74 Å². The van der Waals surface area contributed by atoms with Crippen molar-refractivity contribution in [1.82, 2.24) is 19.6 Å². The highest BCUT2D eigenvalue weighted by Gasteiger charge is 2.36. The fourth-order valence-electron chi connectivity index (χ4n) is 3.60. The van der Waals surface area contributed by atoms with Crippen molar-refractivity contribution in [1.29, 1.82) is 0 Å². The molecule has 0 unspecified atom stereocenters. The second-order valence-electron chi connectivity index (χ2n) is 7.48. The second-order valence-corrected chi connectivity index (χ2v) is 7.48. The quantitative estimate of drug-likeness (QED) is 0.778. The lowest BCUT2D eigenvalue weighted by atomic mass is 10.0. The maximum atomic E-state index is 12.7. The van der Waals surface area contributed by atoms with E-state index in [1.54, 1.807) is 4.90 Å². The Labute approximate surface area is 153 Å². The minimum atomic E-state index is -1.09. The molecule has 2 saturated heterocycles. The van der Waals surface area contributed by atoms with E-state index in [9.17, 15) is 14.7 Å². The molecule has 0 aliphatic carbocycles. The maximum Gasteiger partial charge on any atom is 0.267 e. The fourth-order valence-corrected chi connectivity index (χ4v) is 3.60. The summed E-state index contributed by atoms with van der Waals surface area (Å²) in [7, 11) is 0. The first-order valence-corrected chi connectivity index (χ1v) is 9.22. The number of amides is 1. The average Bonchev–Trinajstić information content (AvgIpc) is 2.99. The molecule has 1 aromatic heterocycles. The zero-order valence-electron chi connectivity index (χ0n) is 15.6. The predicted molar refractivity (Wildman–Crippen MR) is 96.0 cm³/mol. The van der Waals surface area contributed by atoms with Crippen LogP contribution >= 0.6 is 0 Å². The Bertz CT molecular complexity index is 714. The molecule has 2 fully saturated rings. The lowest BCUT2D eigenvalue weighted by Gasteiger charge is -2.34. The molecule has 0 aromatic carbocycles. The number of likely N-dealkylation sites (tertiary alicyclic amines) is 1. The van der Waals surface area contributed by atoms with Gasteiger partial charge in [-0.15, -0.1) is 0 Å². The van der Waals surface area contributed by atoms with E-state index >= 15 is 0 Å². The van der Waals surface area contributed by atoms with Gasteiger partial charge in [0.25, 0.3) is 5.56 Å². The molecule has 1 aromatic rings. The number of aromatic nitrogens is 2. The van der Waals surface area contributed by atoms with Crippen LogP contribution in [-0.2, 0) is 16.1 Å². The molecule has 3 rings (SSSR count). The Morgan fingerprint density at radius 3 is 2.77 bits per heavy atom. The van der Waals surface area contributed by atoms with E-state index in [0.717, 1.165) is 37.2 Å². The Morgan fingerprint density at radius 1 is 1.31 bits per heavy atom. The third-order valence-corrected chi connectivity index (χ3v) is 5.15. The summed E-state index contributed by atoms with van der Waals surface area (Å²) in [6, 6.07) is 1.49. The van der Waals surface area contributed by atoms with Crippen molar-refractivity contribution in [3.05, 3.63) is 27.7 Å². The highest BCUT2D eigenvalue weighted by molar-refractivity contribution is 5.76. The summed E-state index contributed by atoms with van der Waals surface area (Å²) in [5.41, 5.74) is 0.154. The van der Waals surface area contributed by atoms with Crippen LogP contribution in [0.1, 0.15) is 24.1 Å². The van der Waals surface area contributed by atoms with E-state index in [1.807, 2.05) is 13.8 Å². The Morgan fingerprint density at radius 2 is 2.04 bits per heavy atom. The second kappa shape index (κ2) is 7.85. The summed E-state index contributed by atoms with van der Waals surface area (Å²) in [4.78, 5) is 28.6. The van der Waals surface area contributed by atoms with Gasteiger partial charge in [0.1, 0.15) is 12.1 Å². The summed E-state index contributed by atoms with van der Waals surface area (Å²) in [6.07, 6.45) is 2.28. The van der Waals surface area contributed by atoms with Crippen LogP contribution in [0, 0.1) is 13.8 Å². The van der Waals surface area contributed by atoms with Crippen LogP contribution in [0.15, 0.2) is 10.9 Å². The molecule has 0 bridgehead atoms. The summed E-state index contributed by atoms with van der Waals surface area (Å²) < 4.78 is 6.75. The third kappa shape index (κ3) is 4.49. The number of nitrogens with zero attached hydrogens (tertiary/aromatic N) is 4. The first kappa shape index (κ1) is 19.0.